The summed E-state index contributed by atoms with van der Waals surface area (Å²) in [7, 11) is 0. The van der Waals surface area contributed by atoms with Crippen LogP contribution in [0.2, 0.25) is 0 Å². The van der Waals surface area contributed by atoms with Gasteiger partial charge in [0.1, 0.15) is 0 Å². The van der Waals surface area contributed by atoms with E-state index < -0.39 is 0 Å². The van der Waals surface area contributed by atoms with Crippen LogP contribution < -0.4 is 5.32 Å². The summed E-state index contributed by atoms with van der Waals surface area (Å²) in [6.07, 6.45) is 3.78. The highest BCUT2D eigenvalue weighted by Crippen LogP contribution is 2.18. The van der Waals surface area contributed by atoms with Crippen molar-refractivity contribution in [1.29, 1.82) is 0 Å². The molecule has 1 aromatic heterocycles. The fourth-order valence-corrected chi connectivity index (χ4v) is 1.82. The number of aryl methyl sites for hydroxylation is 2. The average molecular weight is 215 g/mol. The molecule has 0 unspecified atom stereocenters. The Morgan fingerprint density at radius 3 is 2.56 bits per heavy atom. The first kappa shape index (κ1) is 10.7. The molecule has 0 aliphatic rings. The van der Waals surface area contributed by atoms with Crippen molar-refractivity contribution in [1.82, 2.24) is 9.78 Å². The minimum Gasteiger partial charge on any atom is -0.383 e. The van der Waals surface area contributed by atoms with Crippen molar-refractivity contribution in [3.63, 3.8) is 0 Å². The van der Waals surface area contributed by atoms with Crippen molar-refractivity contribution >= 4 is 5.69 Å². The fourth-order valence-electron chi connectivity index (χ4n) is 1.82. The molecule has 2 aromatic rings. The summed E-state index contributed by atoms with van der Waals surface area (Å²) in [5.74, 6) is 0. The van der Waals surface area contributed by atoms with Gasteiger partial charge in [-0.2, -0.15) is 5.10 Å². The molecule has 0 amide bonds. The van der Waals surface area contributed by atoms with Crippen LogP contribution in [0.1, 0.15) is 11.1 Å². The van der Waals surface area contributed by atoms with Gasteiger partial charge in [-0.1, -0.05) is 18.2 Å². The van der Waals surface area contributed by atoms with Crippen LogP contribution in [0.3, 0.4) is 0 Å². The highest BCUT2D eigenvalue weighted by molar-refractivity contribution is 5.56. The Kier molecular flexibility index (Phi) is 3.25. The highest BCUT2D eigenvalue weighted by Gasteiger charge is 2.00. The predicted molar refractivity (Wildman–Crippen MR) is 66.6 cm³/mol. The third-order valence-electron chi connectivity index (χ3n) is 2.68. The van der Waals surface area contributed by atoms with Crippen molar-refractivity contribution in [2.24, 2.45) is 0 Å². The monoisotopic (exact) mass is 215 g/mol. The number of rotatable bonds is 4. The maximum absolute atomic E-state index is 4.17. The smallest absolute Gasteiger partial charge is 0.0582 e. The Balaban J connectivity index is 1.95. The van der Waals surface area contributed by atoms with Gasteiger partial charge >= 0.3 is 0 Å². The van der Waals surface area contributed by atoms with Crippen LogP contribution in [-0.4, -0.2) is 16.3 Å². The number of nitrogens with one attached hydrogen (secondary N) is 1. The van der Waals surface area contributed by atoms with Crippen molar-refractivity contribution in [3.8, 4) is 0 Å². The minimum atomic E-state index is 0.890. The molecule has 0 radical (unpaired) electrons. The topological polar surface area (TPSA) is 29.9 Å². The van der Waals surface area contributed by atoms with Gasteiger partial charge in [0.2, 0.25) is 0 Å². The second-order valence-electron chi connectivity index (χ2n) is 3.96. The SMILES string of the molecule is Cc1cccc(C)c1NCCn1cccn1. The van der Waals surface area contributed by atoms with Gasteiger partial charge in [-0.15, -0.1) is 0 Å². The van der Waals surface area contributed by atoms with E-state index >= 15 is 0 Å². The van der Waals surface area contributed by atoms with E-state index in [0.29, 0.717) is 0 Å². The summed E-state index contributed by atoms with van der Waals surface area (Å²) in [6, 6.07) is 8.29. The summed E-state index contributed by atoms with van der Waals surface area (Å²) in [5.41, 5.74) is 3.83. The molecular formula is C13H17N3. The van der Waals surface area contributed by atoms with E-state index in [1.165, 1.54) is 16.8 Å². The Hall–Kier alpha value is -1.77. The van der Waals surface area contributed by atoms with Crippen molar-refractivity contribution in [2.45, 2.75) is 20.4 Å². The second-order valence-corrected chi connectivity index (χ2v) is 3.96. The maximum Gasteiger partial charge on any atom is 0.0582 e. The molecule has 84 valence electrons. The molecule has 0 bridgehead atoms. The van der Waals surface area contributed by atoms with Gasteiger partial charge in [-0.05, 0) is 31.0 Å². The predicted octanol–water partition coefficient (Wildman–Crippen LogP) is 2.61. The molecule has 16 heavy (non-hydrogen) atoms. The number of hydrogen-bond donors (Lipinski definition) is 1. The van der Waals surface area contributed by atoms with Crippen LogP contribution in [0.25, 0.3) is 0 Å². The van der Waals surface area contributed by atoms with E-state index in [4.69, 9.17) is 0 Å². The van der Waals surface area contributed by atoms with Crippen LogP contribution in [-0.2, 0) is 6.54 Å². The molecule has 0 aliphatic carbocycles. The number of anilines is 1. The Bertz CT molecular complexity index is 426. The Labute approximate surface area is 96.1 Å². The van der Waals surface area contributed by atoms with E-state index in [1.807, 2.05) is 16.9 Å². The largest absolute Gasteiger partial charge is 0.383 e. The van der Waals surface area contributed by atoms with Crippen LogP contribution in [0.5, 0.6) is 0 Å². The number of hydrogen-bond acceptors (Lipinski definition) is 2. The normalized spacial score (nSPS) is 10.4. The summed E-state index contributed by atoms with van der Waals surface area (Å²) in [6.45, 7) is 6.04. The zero-order chi connectivity index (χ0) is 11.4. The zero-order valence-electron chi connectivity index (χ0n) is 9.77. The molecule has 0 atom stereocenters. The number of nitrogens with zero attached hydrogens (tertiary/aromatic N) is 2. The quantitative estimate of drug-likeness (QED) is 0.849. The van der Waals surface area contributed by atoms with Gasteiger partial charge in [0.05, 0.1) is 6.54 Å². The van der Waals surface area contributed by atoms with E-state index in [-0.39, 0.29) is 0 Å². The lowest BCUT2D eigenvalue weighted by molar-refractivity contribution is 0.637. The number of aromatic nitrogens is 2. The zero-order valence-corrected chi connectivity index (χ0v) is 9.77. The molecule has 0 fully saturated rings. The number of para-hydroxylation sites is 1. The standard InChI is InChI=1S/C13H17N3/c1-11-5-3-6-12(2)13(11)14-8-10-16-9-4-7-15-16/h3-7,9,14H,8,10H2,1-2H3. The summed E-state index contributed by atoms with van der Waals surface area (Å²) >= 11 is 0. The van der Waals surface area contributed by atoms with Gasteiger partial charge in [0, 0.05) is 24.6 Å². The lowest BCUT2D eigenvalue weighted by Gasteiger charge is -2.12. The lowest BCUT2D eigenvalue weighted by Crippen LogP contribution is -2.12. The molecule has 2 rings (SSSR count). The van der Waals surface area contributed by atoms with Crippen molar-refractivity contribution in [3.05, 3.63) is 47.8 Å². The van der Waals surface area contributed by atoms with Crippen LogP contribution in [0, 0.1) is 13.8 Å². The fraction of sp³-hybridized carbons (Fsp3) is 0.308. The summed E-state index contributed by atoms with van der Waals surface area (Å²) < 4.78 is 1.93. The molecular weight excluding hydrogens is 198 g/mol. The highest BCUT2D eigenvalue weighted by atomic mass is 15.3. The first-order valence-corrected chi connectivity index (χ1v) is 5.55. The van der Waals surface area contributed by atoms with E-state index in [2.05, 4.69) is 42.5 Å². The molecule has 0 spiro atoms. The van der Waals surface area contributed by atoms with Gasteiger partial charge < -0.3 is 5.32 Å². The Morgan fingerprint density at radius 2 is 1.94 bits per heavy atom. The van der Waals surface area contributed by atoms with Crippen LogP contribution in [0.4, 0.5) is 5.69 Å². The van der Waals surface area contributed by atoms with E-state index in [1.54, 1.807) is 6.20 Å². The first-order valence-electron chi connectivity index (χ1n) is 5.55. The maximum atomic E-state index is 4.17. The second kappa shape index (κ2) is 4.84. The van der Waals surface area contributed by atoms with E-state index in [0.717, 1.165) is 13.1 Å². The third-order valence-corrected chi connectivity index (χ3v) is 2.68. The Morgan fingerprint density at radius 1 is 1.19 bits per heavy atom. The summed E-state index contributed by atoms with van der Waals surface area (Å²) in [4.78, 5) is 0. The minimum absolute atomic E-state index is 0.890. The molecule has 0 saturated carbocycles. The molecule has 0 aliphatic heterocycles. The average Bonchev–Trinajstić information content (AvgIpc) is 2.75. The molecule has 1 N–H and O–H groups in total. The molecule has 1 aromatic carbocycles. The lowest BCUT2D eigenvalue weighted by atomic mass is 10.1. The van der Waals surface area contributed by atoms with Gasteiger partial charge in [0.25, 0.3) is 0 Å². The summed E-state index contributed by atoms with van der Waals surface area (Å²) in [5, 5.41) is 7.63. The molecule has 3 heteroatoms. The van der Waals surface area contributed by atoms with E-state index in [9.17, 15) is 0 Å². The van der Waals surface area contributed by atoms with Gasteiger partial charge in [-0.25, -0.2) is 0 Å². The molecule has 3 nitrogen and oxygen atoms in total. The first-order chi connectivity index (χ1) is 7.77. The van der Waals surface area contributed by atoms with Crippen molar-refractivity contribution < 1.29 is 0 Å². The number of benzene rings is 1. The van der Waals surface area contributed by atoms with Gasteiger partial charge in [0.15, 0.2) is 0 Å². The van der Waals surface area contributed by atoms with Crippen LogP contribution >= 0.6 is 0 Å². The molecule has 1 heterocycles. The van der Waals surface area contributed by atoms with Crippen molar-refractivity contribution in [2.75, 3.05) is 11.9 Å². The van der Waals surface area contributed by atoms with Crippen LogP contribution in [0.15, 0.2) is 36.7 Å². The molecule has 0 saturated heterocycles. The van der Waals surface area contributed by atoms with Gasteiger partial charge in [-0.3, -0.25) is 4.68 Å². The third kappa shape index (κ3) is 2.42.